The third-order valence-corrected chi connectivity index (χ3v) is 10.2. The van der Waals surface area contributed by atoms with E-state index in [9.17, 15) is 14.4 Å². The van der Waals surface area contributed by atoms with E-state index in [1.807, 2.05) is 54.6 Å². The van der Waals surface area contributed by atoms with Crippen LogP contribution in [-0.2, 0) is 32.0 Å². The number of carbonyl (C=O) groups is 4. The molecule has 2 fully saturated rings. The van der Waals surface area contributed by atoms with Gasteiger partial charge >= 0.3 is 0 Å². The Morgan fingerprint density at radius 1 is 0.736 bits per heavy atom. The number of hydrogen-bond acceptors (Lipinski definition) is 6. The molecule has 3 atom stereocenters. The molecular weight excluding hydrogens is 672 g/mol. The lowest BCUT2D eigenvalue weighted by Gasteiger charge is -2.34. The molecule has 2 aliphatic rings. The van der Waals surface area contributed by atoms with E-state index >= 15 is 0 Å². The summed E-state index contributed by atoms with van der Waals surface area (Å²) in [5.74, 6) is -1.76. The highest BCUT2D eigenvalue weighted by molar-refractivity contribution is 5.95. The van der Waals surface area contributed by atoms with Gasteiger partial charge in [0.15, 0.2) is 5.96 Å². The molecule has 2 aromatic rings. The second-order valence-electron chi connectivity index (χ2n) is 14.3. The molecule has 2 aliphatic carbocycles. The number of benzene rings is 2. The first-order chi connectivity index (χ1) is 25.4. The van der Waals surface area contributed by atoms with Crippen LogP contribution >= 0.6 is 0 Å². The van der Waals surface area contributed by atoms with Crippen molar-refractivity contribution in [3.8, 4) is 0 Å². The molecule has 2 aromatic carbocycles. The number of guanidine groups is 1. The Bertz CT molecular complexity index is 1470. The van der Waals surface area contributed by atoms with Crippen molar-refractivity contribution in [1.29, 1.82) is 10.8 Å². The molecule has 0 spiro atoms. The summed E-state index contributed by atoms with van der Waals surface area (Å²) < 4.78 is 0. The lowest BCUT2D eigenvalue weighted by molar-refractivity contribution is -0.135. The number of amidine groups is 1. The first-order valence-corrected chi connectivity index (χ1v) is 19.1. The van der Waals surface area contributed by atoms with Gasteiger partial charge in [-0.1, -0.05) is 93.1 Å². The Morgan fingerprint density at radius 2 is 1.32 bits per heavy atom. The largest absolute Gasteiger partial charge is 0.481 e. The molecule has 0 heterocycles. The van der Waals surface area contributed by atoms with Gasteiger partial charge in [0.1, 0.15) is 17.9 Å². The lowest BCUT2D eigenvalue weighted by Crippen LogP contribution is -2.57. The maximum atomic E-state index is 14.3. The van der Waals surface area contributed by atoms with Crippen LogP contribution in [-0.4, -0.2) is 65.8 Å². The zero-order valence-corrected chi connectivity index (χ0v) is 31.1. The molecule has 0 aromatic heterocycles. The van der Waals surface area contributed by atoms with Gasteiger partial charge in [-0.15, -0.1) is 0 Å². The van der Waals surface area contributed by atoms with Crippen LogP contribution in [0.25, 0.3) is 0 Å². The molecule has 13 heteroatoms. The summed E-state index contributed by atoms with van der Waals surface area (Å²) >= 11 is 0. The summed E-state index contributed by atoms with van der Waals surface area (Å²) in [6, 6.07) is 15.9. The van der Waals surface area contributed by atoms with Crippen LogP contribution in [0, 0.1) is 28.6 Å². The van der Waals surface area contributed by atoms with E-state index in [2.05, 4.69) is 21.3 Å². The van der Waals surface area contributed by atoms with E-state index in [0.29, 0.717) is 44.3 Å². The van der Waals surface area contributed by atoms with Gasteiger partial charge in [-0.2, -0.15) is 0 Å². The predicted octanol–water partition coefficient (Wildman–Crippen LogP) is 3.97. The molecular formula is C40H60N8O5. The summed E-state index contributed by atoms with van der Waals surface area (Å²) in [5, 5.41) is 34.6. The number of carboxylic acids is 1. The molecule has 0 saturated heterocycles. The Morgan fingerprint density at radius 3 is 1.89 bits per heavy atom. The summed E-state index contributed by atoms with van der Waals surface area (Å²) in [6.07, 6.45) is 12.2. The van der Waals surface area contributed by atoms with Crippen LogP contribution in [0.15, 0.2) is 54.6 Å². The summed E-state index contributed by atoms with van der Waals surface area (Å²) in [6.45, 7) is 1.92. The Labute approximate surface area is 313 Å². The molecule has 3 amide bonds. The minimum absolute atomic E-state index is 0.00718. The highest BCUT2D eigenvalue weighted by Crippen LogP contribution is 2.33. The van der Waals surface area contributed by atoms with E-state index in [-0.39, 0.29) is 47.3 Å². The van der Waals surface area contributed by atoms with Crippen molar-refractivity contribution in [1.82, 2.24) is 21.3 Å². The molecule has 0 radical (unpaired) electrons. The SMILES string of the molecule is CC(=O)O.N=C(N)NCCC[C@H](NC(=O)C(NC(=O)C(Cc1ccc(C(=N)N)cc1)C1CCCCC1)C1CCCCC1)C(=O)NCCc1ccccc1. The monoisotopic (exact) mass is 732 g/mol. The third kappa shape index (κ3) is 15.7. The number of nitrogens with one attached hydrogen (secondary N) is 6. The van der Waals surface area contributed by atoms with Crippen LogP contribution in [0.3, 0.4) is 0 Å². The normalized spacial score (nSPS) is 16.4. The van der Waals surface area contributed by atoms with E-state index in [1.165, 1.54) is 6.42 Å². The quantitative estimate of drug-likeness (QED) is 0.0654. The van der Waals surface area contributed by atoms with Crippen molar-refractivity contribution >= 4 is 35.5 Å². The average molecular weight is 733 g/mol. The number of rotatable bonds is 17. The number of carbonyl (C=O) groups excluding carboxylic acids is 3. The summed E-state index contributed by atoms with van der Waals surface area (Å²) in [7, 11) is 0. The number of nitrogens with two attached hydrogens (primary N) is 2. The molecule has 0 aliphatic heterocycles. The van der Waals surface area contributed by atoms with Gasteiger partial charge in [0.25, 0.3) is 5.97 Å². The molecule has 2 saturated carbocycles. The number of hydrogen-bond donors (Lipinski definition) is 9. The summed E-state index contributed by atoms with van der Waals surface area (Å²) in [4.78, 5) is 50.9. The van der Waals surface area contributed by atoms with Crippen molar-refractivity contribution in [3.63, 3.8) is 0 Å². The van der Waals surface area contributed by atoms with Crippen LogP contribution in [0.1, 0.15) is 101 Å². The van der Waals surface area contributed by atoms with Gasteiger partial charge < -0.3 is 37.8 Å². The minimum Gasteiger partial charge on any atom is -0.481 e. The van der Waals surface area contributed by atoms with Crippen LogP contribution < -0.4 is 32.7 Å². The number of aliphatic carboxylic acids is 1. The fourth-order valence-electron chi connectivity index (χ4n) is 7.37. The van der Waals surface area contributed by atoms with Crippen molar-refractivity contribution in [2.45, 2.75) is 109 Å². The van der Waals surface area contributed by atoms with Crippen molar-refractivity contribution in [2.24, 2.45) is 29.2 Å². The fourth-order valence-corrected chi connectivity index (χ4v) is 7.37. The Kier molecular flexibility index (Phi) is 18.3. The topological polar surface area (TPSA) is 236 Å². The van der Waals surface area contributed by atoms with Gasteiger partial charge in [-0.05, 0) is 74.3 Å². The van der Waals surface area contributed by atoms with Gasteiger partial charge in [0.2, 0.25) is 17.7 Å². The van der Waals surface area contributed by atoms with Gasteiger partial charge in [0.05, 0.1) is 0 Å². The maximum Gasteiger partial charge on any atom is 0.300 e. The Balaban J connectivity index is 0.00000180. The molecule has 13 nitrogen and oxygen atoms in total. The second kappa shape index (κ2) is 22.9. The first-order valence-electron chi connectivity index (χ1n) is 19.1. The molecule has 290 valence electrons. The van der Waals surface area contributed by atoms with E-state index in [4.69, 9.17) is 32.2 Å². The van der Waals surface area contributed by atoms with Crippen LogP contribution in [0.4, 0.5) is 0 Å². The molecule has 0 bridgehead atoms. The summed E-state index contributed by atoms with van der Waals surface area (Å²) in [5.41, 5.74) is 13.9. The van der Waals surface area contributed by atoms with E-state index in [0.717, 1.165) is 75.8 Å². The number of nitrogen functional groups attached to an aromatic ring is 1. The van der Waals surface area contributed by atoms with Gasteiger partial charge in [-0.25, -0.2) is 0 Å². The molecule has 2 unspecified atom stereocenters. The van der Waals surface area contributed by atoms with Crippen molar-refractivity contribution < 1.29 is 24.3 Å². The zero-order chi connectivity index (χ0) is 38.6. The second-order valence-corrected chi connectivity index (χ2v) is 14.3. The smallest absolute Gasteiger partial charge is 0.300 e. The molecule has 4 rings (SSSR count). The lowest BCUT2D eigenvalue weighted by atomic mass is 9.76. The fraction of sp³-hybridized carbons (Fsp3) is 0.550. The van der Waals surface area contributed by atoms with Crippen molar-refractivity contribution in [3.05, 3.63) is 71.3 Å². The first kappa shape index (κ1) is 42.5. The minimum atomic E-state index is -0.833. The highest BCUT2D eigenvalue weighted by Gasteiger charge is 2.37. The zero-order valence-electron chi connectivity index (χ0n) is 31.1. The van der Waals surface area contributed by atoms with Gasteiger partial charge in [0, 0.05) is 31.5 Å². The maximum absolute atomic E-state index is 14.3. The predicted molar refractivity (Wildman–Crippen MR) is 207 cm³/mol. The third-order valence-electron chi connectivity index (χ3n) is 10.2. The average Bonchev–Trinajstić information content (AvgIpc) is 3.14. The number of carboxylic acid groups (broad SMARTS) is 1. The standard InChI is InChI=1S/C38H56N8O3.C2H4O2/c39-34(40)30-20-18-27(19-21-30)25-31(28-13-6-2-7-14-28)35(47)46-33(29-15-8-3-9-16-29)37(49)45-32(17-10-23-44-38(41)42)36(48)43-24-22-26-11-4-1-5-12-26;1-2(3)4/h1,4-5,11-12,18-21,28-29,31-33H,2-3,6-10,13-17,22-25H2,(H3,39,40)(H,43,48)(H,45,49)(H,46,47)(H4,41,42,44);1H3,(H,3,4)/t31?,32-,33?;/m0./s1. The van der Waals surface area contributed by atoms with Crippen LogP contribution in [0.2, 0.25) is 0 Å². The number of amides is 3. The molecule has 53 heavy (non-hydrogen) atoms. The molecule has 11 N–H and O–H groups in total. The van der Waals surface area contributed by atoms with Crippen molar-refractivity contribution in [2.75, 3.05) is 13.1 Å². The Hall–Kier alpha value is -4.94. The highest BCUT2D eigenvalue weighted by atomic mass is 16.4. The van der Waals surface area contributed by atoms with Crippen LogP contribution in [0.5, 0.6) is 0 Å². The van der Waals surface area contributed by atoms with E-state index < -0.39 is 18.1 Å². The van der Waals surface area contributed by atoms with E-state index in [1.54, 1.807) is 0 Å². The van der Waals surface area contributed by atoms with Gasteiger partial charge in [-0.3, -0.25) is 30.0 Å².